The number of nitriles is 1. The fraction of sp³-hybridized carbons (Fsp3) is 0.200. The van der Waals surface area contributed by atoms with Crippen LogP contribution in [0.15, 0.2) is 40.2 Å². The van der Waals surface area contributed by atoms with Crippen LogP contribution >= 0.6 is 27.3 Å². The molecule has 1 aromatic carbocycles. The molecule has 8 heteroatoms. The molecule has 0 aliphatic heterocycles. The summed E-state index contributed by atoms with van der Waals surface area (Å²) in [5, 5.41) is 13.2. The highest BCUT2D eigenvalue weighted by atomic mass is 79.9. The Morgan fingerprint density at radius 3 is 2.57 bits per heavy atom. The maximum Gasteiger partial charge on any atom is 0.235 e. The average molecular weight is 413 g/mol. The van der Waals surface area contributed by atoms with Crippen LogP contribution < -0.4 is 5.32 Å². The predicted octanol–water partition coefficient (Wildman–Crippen LogP) is 2.61. The molecule has 1 heterocycles. The van der Waals surface area contributed by atoms with Gasteiger partial charge >= 0.3 is 0 Å². The Morgan fingerprint density at radius 1 is 1.30 bits per heavy atom. The smallest absolute Gasteiger partial charge is 0.235 e. The molecule has 23 heavy (non-hydrogen) atoms. The van der Waals surface area contributed by atoms with Crippen molar-refractivity contribution in [3.8, 4) is 6.07 Å². The Kier molecular flexibility index (Phi) is 5.93. The van der Waals surface area contributed by atoms with Crippen molar-refractivity contribution in [2.45, 2.75) is 12.3 Å². The van der Waals surface area contributed by atoms with E-state index in [0.717, 1.165) is 9.35 Å². The van der Waals surface area contributed by atoms with E-state index in [1.54, 1.807) is 24.3 Å². The number of hydrogen-bond donors (Lipinski definition) is 1. The summed E-state index contributed by atoms with van der Waals surface area (Å²) in [6.07, 6.45) is 0. The quantitative estimate of drug-likeness (QED) is 0.789. The number of nitrogens with one attached hydrogen (secondary N) is 1. The number of halogens is 1. The minimum absolute atomic E-state index is 0.226. The van der Waals surface area contributed by atoms with Gasteiger partial charge in [0.2, 0.25) is 5.91 Å². The van der Waals surface area contributed by atoms with Crippen LogP contribution in [0, 0.1) is 11.3 Å². The van der Waals surface area contributed by atoms with Gasteiger partial charge in [0.15, 0.2) is 9.84 Å². The molecule has 120 valence electrons. The third-order valence-electron chi connectivity index (χ3n) is 2.90. The molecule has 0 bridgehead atoms. The summed E-state index contributed by atoms with van der Waals surface area (Å²) >= 11 is 4.80. The van der Waals surface area contributed by atoms with Crippen LogP contribution in [0.1, 0.15) is 16.0 Å². The molecule has 0 atom stereocenters. The molecular weight excluding hydrogens is 400 g/mol. The van der Waals surface area contributed by atoms with Crippen LogP contribution in [-0.2, 0) is 26.9 Å². The number of carbonyl (C=O) groups excluding carboxylic acids is 1. The molecule has 0 saturated carbocycles. The van der Waals surface area contributed by atoms with Gasteiger partial charge in [0, 0.05) is 14.7 Å². The lowest BCUT2D eigenvalue weighted by atomic mass is 10.2. The summed E-state index contributed by atoms with van der Waals surface area (Å²) in [6.45, 7) is 0.307. The number of hydrogen-bond acceptors (Lipinski definition) is 5. The fourth-order valence-corrected chi connectivity index (χ4v) is 4.56. The van der Waals surface area contributed by atoms with Crippen molar-refractivity contribution < 1.29 is 13.2 Å². The molecule has 1 N–H and O–H groups in total. The van der Waals surface area contributed by atoms with Crippen molar-refractivity contribution in [3.05, 3.63) is 56.2 Å². The Morgan fingerprint density at radius 2 is 2.00 bits per heavy atom. The van der Waals surface area contributed by atoms with E-state index in [0.29, 0.717) is 17.7 Å². The van der Waals surface area contributed by atoms with Gasteiger partial charge in [0.05, 0.1) is 23.9 Å². The summed E-state index contributed by atoms with van der Waals surface area (Å²) in [4.78, 5) is 12.7. The molecule has 0 spiro atoms. The number of rotatable bonds is 6. The molecule has 0 aliphatic carbocycles. The van der Waals surface area contributed by atoms with Gasteiger partial charge < -0.3 is 5.32 Å². The van der Waals surface area contributed by atoms with Crippen LogP contribution in [0.5, 0.6) is 0 Å². The van der Waals surface area contributed by atoms with E-state index in [-0.39, 0.29) is 5.75 Å². The second-order valence-electron chi connectivity index (χ2n) is 4.85. The first-order chi connectivity index (χ1) is 10.9. The topological polar surface area (TPSA) is 87.0 Å². The molecule has 0 unspecified atom stereocenters. The fourth-order valence-electron chi connectivity index (χ4n) is 1.86. The molecule has 1 aromatic heterocycles. The van der Waals surface area contributed by atoms with Crippen molar-refractivity contribution in [2.75, 3.05) is 5.75 Å². The molecule has 5 nitrogen and oxygen atoms in total. The zero-order chi connectivity index (χ0) is 16.9. The molecule has 2 aromatic rings. The Balaban J connectivity index is 1.89. The van der Waals surface area contributed by atoms with Gasteiger partial charge in [-0.2, -0.15) is 5.26 Å². The van der Waals surface area contributed by atoms with Crippen LogP contribution in [0.3, 0.4) is 0 Å². The van der Waals surface area contributed by atoms with Crippen LogP contribution in [0.25, 0.3) is 0 Å². The van der Waals surface area contributed by atoms with Gasteiger partial charge in [-0.1, -0.05) is 12.1 Å². The molecule has 0 radical (unpaired) electrons. The molecule has 1 amide bonds. The predicted molar refractivity (Wildman–Crippen MR) is 92.5 cm³/mol. The van der Waals surface area contributed by atoms with Crippen molar-refractivity contribution in [1.82, 2.24) is 5.32 Å². The van der Waals surface area contributed by atoms with Crippen LogP contribution in [0.2, 0.25) is 0 Å². The molecule has 0 aliphatic rings. The third kappa shape index (κ3) is 5.78. The van der Waals surface area contributed by atoms with E-state index < -0.39 is 21.5 Å². The first-order valence-corrected chi connectivity index (χ1v) is 10.1. The number of sulfone groups is 1. The third-order valence-corrected chi connectivity index (χ3v) is 6.07. The van der Waals surface area contributed by atoms with Crippen molar-refractivity contribution in [1.29, 1.82) is 5.26 Å². The Hall–Kier alpha value is -1.69. The standard InChI is InChI=1S/C15H13BrN2O3S2/c16-13-5-14(22-8-13)7-18-15(19)10-23(20,21)9-12-3-1-11(6-17)2-4-12/h1-5,8H,7,9-10H2,(H,18,19). The number of nitrogens with zero attached hydrogens (tertiary/aromatic N) is 1. The first-order valence-electron chi connectivity index (χ1n) is 6.57. The van der Waals surface area contributed by atoms with E-state index in [2.05, 4.69) is 21.2 Å². The van der Waals surface area contributed by atoms with Crippen molar-refractivity contribution in [3.63, 3.8) is 0 Å². The van der Waals surface area contributed by atoms with E-state index >= 15 is 0 Å². The number of thiophene rings is 1. The summed E-state index contributed by atoms with van der Waals surface area (Å²) < 4.78 is 25.0. The van der Waals surface area contributed by atoms with Gasteiger partial charge in [-0.25, -0.2) is 8.42 Å². The second-order valence-corrected chi connectivity index (χ2v) is 8.82. The number of amides is 1. The molecule has 2 rings (SSSR count). The maximum absolute atomic E-state index is 12.0. The van der Waals surface area contributed by atoms with E-state index in [1.807, 2.05) is 17.5 Å². The highest BCUT2D eigenvalue weighted by Crippen LogP contribution is 2.19. The van der Waals surface area contributed by atoms with Gasteiger partial charge in [0.25, 0.3) is 0 Å². The molecule has 0 fully saturated rings. The first kappa shape index (κ1) is 17.7. The highest BCUT2D eigenvalue weighted by molar-refractivity contribution is 9.10. The van der Waals surface area contributed by atoms with Gasteiger partial charge in [-0.3, -0.25) is 4.79 Å². The minimum Gasteiger partial charge on any atom is -0.350 e. The van der Waals surface area contributed by atoms with E-state index in [4.69, 9.17) is 5.26 Å². The lowest BCUT2D eigenvalue weighted by molar-refractivity contribution is -0.118. The van der Waals surface area contributed by atoms with E-state index in [9.17, 15) is 13.2 Å². The average Bonchev–Trinajstić information content (AvgIpc) is 2.91. The Labute approximate surface area is 147 Å². The largest absolute Gasteiger partial charge is 0.350 e. The monoisotopic (exact) mass is 412 g/mol. The van der Waals surface area contributed by atoms with Crippen molar-refractivity contribution in [2.24, 2.45) is 0 Å². The molecular formula is C15H13BrN2O3S2. The lowest BCUT2D eigenvalue weighted by Crippen LogP contribution is -2.30. The summed E-state index contributed by atoms with van der Waals surface area (Å²) in [5.41, 5.74) is 1.02. The van der Waals surface area contributed by atoms with Crippen molar-refractivity contribution >= 4 is 43.0 Å². The second kappa shape index (κ2) is 7.73. The normalized spacial score (nSPS) is 11.0. The summed E-state index contributed by atoms with van der Waals surface area (Å²) in [7, 11) is -3.55. The lowest BCUT2D eigenvalue weighted by Gasteiger charge is -2.06. The number of benzene rings is 1. The van der Waals surface area contributed by atoms with Gasteiger partial charge in [-0.15, -0.1) is 11.3 Å². The van der Waals surface area contributed by atoms with Gasteiger partial charge in [0.1, 0.15) is 5.75 Å². The summed E-state index contributed by atoms with van der Waals surface area (Å²) in [6, 6.07) is 10.1. The zero-order valence-electron chi connectivity index (χ0n) is 12.0. The number of carbonyl (C=O) groups is 1. The van der Waals surface area contributed by atoms with Crippen LogP contribution in [-0.4, -0.2) is 20.1 Å². The minimum atomic E-state index is -3.55. The molecule has 0 saturated heterocycles. The SMILES string of the molecule is N#Cc1ccc(CS(=O)(=O)CC(=O)NCc2cc(Br)cs2)cc1. The van der Waals surface area contributed by atoms with Crippen LogP contribution in [0.4, 0.5) is 0 Å². The van der Waals surface area contributed by atoms with Gasteiger partial charge in [-0.05, 0) is 39.7 Å². The zero-order valence-corrected chi connectivity index (χ0v) is 15.2. The maximum atomic E-state index is 12.0. The summed E-state index contributed by atoms with van der Waals surface area (Å²) in [5.74, 6) is -1.31. The Bertz CT molecular complexity index is 836. The van der Waals surface area contributed by atoms with E-state index in [1.165, 1.54) is 11.3 Å². The highest BCUT2D eigenvalue weighted by Gasteiger charge is 2.17.